The molecule has 98 valence electrons. The van der Waals surface area contributed by atoms with E-state index in [9.17, 15) is 0 Å². The number of fused-ring (bicyclic) bond motifs is 2. The molecule has 3 aromatic rings. The van der Waals surface area contributed by atoms with Crippen LogP contribution in [0, 0.1) is 0 Å². The molecule has 4 heteroatoms. The van der Waals surface area contributed by atoms with Gasteiger partial charge in [-0.3, -0.25) is 0 Å². The Morgan fingerprint density at radius 2 is 1.84 bits per heavy atom. The number of hydrogen-bond acceptors (Lipinski definition) is 4. The first-order valence-electron chi connectivity index (χ1n) is 6.45. The monoisotopic (exact) mass is 257 g/mol. The summed E-state index contributed by atoms with van der Waals surface area (Å²) in [6, 6.07) is 3.90. The Kier molecular flexibility index (Phi) is 2.04. The average Bonchev–Trinajstić information content (AvgIpc) is 2.86. The minimum absolute atomic E-state index is 0.0461. The van der Waals surface area contributed by atoms with Gasteiger partial charge in [-0.25, -0.2) is 0 Å². The maximum absolute atomic E-state index is 5.99. The van der Waals surface area contributed by atoms with Crippen molar-refractivity contribution in [1.29, 1.82) is 0 Å². The first kappa shape index (κ1) is 10.9. The van der Waals surface area contributed by atoms with E-state index < -0.39 is 0 Å². The van der Waals surface area contributed by atoms with Gasteiger partial charge in [-0.05, 0) is 25.0 Å². The van der Waals surface area contributed by atoms with Gasteiger partial charge in [0.1, 0.15) is 5.58 Å². The van der Waals surface area contributed by atoms with Crippen molar-refractivity contribution in [2.45, 2.75) is 18.3 Å². The fourth-order valence-corrected chi connectivity index (χ4v) is 3.04. The summed E-state index contributed by atoms with van der Waals surface area (Å²) >= 11 is 0. The Hall–Kier alpha value is -1.94. The average molecular weight is 257 g/mol. The Bertz CT molecular complexity index is 712. The van der Waals surface area contributed by atoms with Gasteiger partial charge in [0.2, 0.25) is 0 Å². The highest BCUT2D eigenvalue weighted by atomic mass is 16.5. The first-order chi connectivity index (χ1) is 9.30. The number of hydrogen-bond donors (Lipinski definition) is 1. The summed E-state index contributed by atoms with van der Waals surface area (Å²) in [5, 5.41) is 2.02. The van der Waals surface area contributed by atoms with Crippen LogP contribution in [-0.4, -0.2) is 13.7 Å². The highest BCUT2D eigenvalue weighted by Crippen LogP contribution is 2.54. The van der Waals surface area contributed by atoms with Gasteiger partial charge in [0.05, 0.1) is 25.0 Å². The molecule has 0 atom stereocenters. The van der Waals surface area contributed by atoms with E-state index in [2.05, 4.69) is 0 Å². The van der Waals surface area contributed by atoms with Gasteiger partial charge in [0.15, 0.2) is 11.3 Å². The van der Waals surface area contributed by atoms with Crippen LogP contribution in [0.5, 0.6) is 5.75 Å². The summed E-state index contributed by atoms with van der Waals surface area (Å²) in [5.74, 6) is 0.736. The molecule has 2 N–H and O–H groups in total. The van der Waals surface area contributed by atoms with Gasteiger partial charge in [-0.1, -0.05) is 0 Å². The van der Waals surface area contributed by atoms with Crippen molar-refractivity contribution in [1.82, 2.24) is 0 Å². The normalized spacial score (nSPS) is 17.2. The van der Waals surface area contributed by atoms with Crippen LogP contribution in [0.3, 0.4) is 0 Å². The molecule has 1 saturated carbocycles. The summed E-state index contributed by atoms with van der Waals surface area (Å²) in [7, 11) is 1.65. The minimum Gasteiger partial charge on any atom is -0.492 e. The fraction of sp³-hybridized carbons (Fsp3) is 0.333. The molecule has 1 aliphatic rings. The summed E-state index contributed by atoms with van der Waals surface area (Å²) in [6.45, 7) is 0.634. The van der Waals surface area contributed by atoms with Crippen molar-refractivity contribution in [3.05, 3.63) is 30.2 Å². The SMILES string of the molecule is COc1c2ccoc2c(C2(CN)CC2)c2ccoc12. The molecular weight excluding hydrogens is 242 g/mol. The topological polar surface area (TPSA) is 61.5 Å². The van der Waals surface area contributed by atoms with Crippen molar-refractivity contribution in [2.24, 2.45) is 5.73 Å². The van der Waals surface area contributed by atoms with Crippen LogP contribution < -0.4 is 10.5 Å². The second-order valence-electron chi connectivity index (χ2n) is 5.22. The third-order valence-corrected chi connectivity index (χ3v) is 4.26. The number of rotatable bonds is 3. The van der Waals surface area contributed by atoms with Crippen LogP contribution in [0.15, 0.2) is 33.5 Å². The molecule has 1 fully saturated rings. The van der Waals surface area contributed by atoms with E-state index in [0.717, 1.165) is 40.5 Å². The minimum atomic E-state index is 0.0461. The molecule has 2 aromatic heterocycles. The molecule has 2 heterocycles. The number of ether oxygens (including phenoxy) is 1. The van der Waals surface area contributed by atoms with Crippen molar-refractivity contribution in [2.75, 3.05) is 13.7 Å². The third kappa shape index (κ3) is 1.27. The van der Waals surface area contributed by atoms with Crippen molar-refractivity contribution in [3.63, 3.8) is 0 Å². The number of furan rings is 2. The van der Waals surface area contributed by atoms with E-state index in [4.69, 9.17) is 19.3 Å². The molecule has 0 aliphatic heterocycles. The zero-order chi connectivity index (χ0) is 13.0. The standard InChI is InChI=1S/C15H15NO3/c1-17-13-10-3-7-18-12(10)11(15(8-16)4-5-15)9-2-6-19-14(9)13/h2-3,6-7H,4-5,8,16H2,1H3. The molecular formula is C15H15NO3. The molecule has 0 saturated heterocycles. The second-order valence-corrected chi connectivity index (χ2v) is 5.22. The molecule has 19 heavy (non-hydrogen) atoms. The molecule has 1 aromatic carbocycles. The predicted molar refractivity (Wildman–Crippen MR) is 72.5 cm³/mol. The van der Waals surface area contributed by atoms with E-state index >= 15 is 0 Å². The quantitative estimate of drug-likeness (QED) is 0.782. The van der Waals surface area contributed by atoms with Crippen LogP contribution in [0.4, 0.5) is 0 Å². The molecule has 0 unspecified atom stereocenters. The Morgan fingerprint density at radius 1 is 1.16 bits per heavy atom. The number of benzene rings is 1. The first-order valence-corrected chi connectivity index (χ1v) is 6.45. The lowest BCUT2D eigenvalue weighted by Gasteiger charge is -2.16. The van der Waals surface area contributed by atoms with Gasteiger partial charge in [0.25, 0.3) is 0 Å². The van der Waals surface area contributed by atoms with Crippen LogP contribution in [0.25, 0.3) is 21.9 Å². The van der Waals surface area contributed by atoms with E-state index in [1.54, 1.807) is 19.6 Å². The maximum Gasteiger partial charge on any atom is 0.176 e. The van der Waals surface area contributed by atoms with Gasteiger partial charge >= 0.3 is 0 Å². The Balaban J connectivity index is 2.20. The summed E-state index contributed by atoms with van der Waals surface area (Å²) < 4.78 is 16.8. The predicted octanol–water partition coefficient (Wildman–Crippen LogP) is 3.18. The van der Waals surface area contributed by atoms with Crippen LogP contribution in [0.2, 0.25) is 0 Å². The van der Waals surface area contributed by atoms with E-state index in [-0.39, 0.29) is 5.41 Å². The molecule has 0 radical (unpaired) electrons. The highest BCUT2D eigenvalue weighted by Gasteiger charge is 2.46. The van der Waals surface area contributed by atoms with Gasteiger partial charge in [-0.2, -0.15) is 0 Å². The molecule has 0 amide bonds. The molecule has 1 aliphatic carbocycles. The largest absolute Gasteiger partial charge is 0.492 e. The van der Waals surface area contributed by atoms with E-state index in [1.807, 2.05) is 12.1 Å². The summed E-state index contributed by atoms with van der Waals surface area (Å²) in [6.07, 6.45) is 5.60. The maximum atomic E-state index is 5.99. The molecule has 4 rings (SSSR count). The lowest BCUT2D eigenvalue weighted by molar-refractivity contribution is 0.414. The van der Waals surface area contributed by atoms with Crippen molar-refractivity contribution < 1.29 is 13.6 Å². The zero-order valence-corrected chi connectivity index (χ0v) is 10.7. The lowest BCUT2D eigenvalue weighted by Crippen LogP contribution is -2.20. The van der Waals surface area contributed by atoms with Gasteiger partial charge in [-0.15, -0.1) is 0 Å². The number of nitrogens with two attached hydrogens (primary N) is 1. The Morgan fingerprint density at radius 3 is 2.47 bits per heavy atom. The van der Waals surface area contributed by atoms with Crippen LogP contribution in [0.1, 0.15) is 18.4 Å². The summed E-state index contributed by atoms with van der Waals surface area (Å²) in [4.78, 5) is 0. The van der Waals surface area contributed by atoms with Crippen molar-refractivity contribution >= 4 is 21.9 Å². The van der Waals surface area contributed by atoms with Gasteiger partial charge in [0, 0.05) is 22.9 Å². The van der Waals surface area contributed by atoms with E-state index in [1.165, 1.54) is 5.56 Å². The zero-order valence-electron chi connectivity index (χ0n) is 10.7. The van der Waals surface area contributed by atoms with Crippen LogP contribution >= 0.6 is 0 Å². The smallest absolute Gasteiger partial charge is 0.176 e. The highest BCUT2D eigenvalue weighted by molar-refractivity contribution is 6.05. The Labute approximate surface area is 110 Å². The van der Waals surface area contributed by atoms with Gasteiger partial charge < -0.3 is 19.3 Å². The number of methoxy groups -OCH3 is 1. The summed E-state index contributed by atoms with van der Waals surface area (Å²) in [5.41, 5.74) is 8.88. The third-order valence-electron chi connectivity index (χ3n) is 4.26. The molecule has 4 nitrogen and oxygen atoms in total. The second kappa shape index (κ2) is 3.54. The van der Waals surface area contributed by atoms with Crippen LogP contribution in [-0.2, 0) is 5.41 Å². The molecule has 0 bridgehead atoms. The lowest BCUT2D eigenvalue weighted by atomic mass is 9.91. The fourth-order valence-electron chi connectivity index (χ4n) is 3.04. The van der Waals surface area contributed by atoms with Crippen molar-refractivity contribution in [3.8, 4) is 5.75 Å². The molecule has 0 spiro atoms. The van der Waals surface area contributed by atoms with E-state index in [0.29, 0.717) is 6.54 Å².